The minimum Gasteiger partial charge on any atom is -0.465 e. The van der Waals surface area contributed by atoms with Gasteiger partial charge in [0, 0.05) is 6.42 Å². The summed E-state index contributed by atoms with van der Waals surface area (Å²) in [7, 11) is 0. The number of ether oxygens (including phenoxy) is 1. The van der Waals surface area contributed by atoms with Crippen molar-refractivity contribution in [3.05, 3.63) is 35.4 Å². The van der Waals surface area contributed by atoms with Gasteiger partial charge in [-0.25, -0.2) is 0 Å². The number of hydrogen-bond acceptors (Lipinski definition) is 4. The lowest BCUT2D eigenvalue weighted by molar-refractivity contribution is -0.151. The number of esters is 1. The second-order valence-electron chi connectivity index (χ2n) is 4.32. The van der Waals surface area contributed by atoms with Gasteiger partial charge in [0.1, 0.15) is 0 Å². The summed E-state index contributed by atoms with van der Waals surface area (Å²) in [6.07, 6.45) is 0.300. The smallest absolute Gasteiger partial charge is 0.326 e. The third-order valence-electron chi connectivity index (χ3n) is 2.74. The Kier molecular flexibility index (Phi) is 4.87. The number of aliphatic hydroxyl groups is 1. The van der Waals surface area contributed by atoms with Crippen LogP contribution in [-0.4, -0.2) is 17.7 Å². The minimum atomic E-state index is -1.17. The molecule has 0 aromatic heterocycles. The molecule has 96 valence electrons. The third-order valence-corrected chi connectivity index (χ3v) is 2.74. The van der Waals surface area contributed by atoms with Crippen LogP contribution in [-0.2, 0) is 22.6 Å². The molecule has 1 aromatic rings. The molecular formula is C14H17NO3. The molecule has 0 amide bonds. The number of rotatable bonds is 5. The summed E-state index contributed by atoms with van der Waals surface area (Å²) in [6.45, 7) is 3.53. The highest BCUT2D eigenvalue weighted by molar-refractivity contribution is 5.79. The molecule has 0 radical (unpaired) electrons. The summed E-state index contributed by atoms with van der Waals surface area (Å²) in [5.74, 6) is -0.501. The summed E-state index contributed by atoms with van der Waals surface area (Å²) in [5.41, 5.74) is 0.495. The maximum Gasteiger partial charge on any atom is 0.326 e. The molecule has 0 saturated heterocycles. The van der Waals surface area contributed by atoms with E-state index in [-0.39, 0.29) is 13.2 Å². The van der Waals surface area contributed by atoms with Crippen molar-refractivity contribution in [3.8, 4) is 6.07 Å². The van der Waals surface area contributed by atoms with Gasteiger partial charge in [0.25, 0.3) is 0 Å². The molecule has 0 fully saturated rings. The van der Waals surface area contributed by atoms with Crippen molar-refractivity contribution >= 4 is 5.97 Å². The number of carbonyl (C=O) groups excluding carboxylic acids is 1. The Bertz CT molecular complexity index is 447. The van der Waals surface area contributed by atoms with E-state index in [9.17, 15) is 4.79 Å². The van der Waals surface area contributed by atoms with Gasteiger partial charge in [-0.2, -0.15) is 5.26 Å². The Balaban J connectivity index is 2.85. The Labute approximate surface area is 107 Å². The first kappa shape index (κ1) is 14.2. The molecule has 18 heavy (non-hydrogen) atoms. The SMILES string of the molecule is CCOC(=O)C(C)(C#N)Cc1ccc(CO)cc1. The van der Waals surface area contributed by atoms with E-state index in [0.29, 0.717) is 6.42 Å². The van der Waals surface area contributed by atoms with Gasteiger partial charge in [-0.05, 0) is 25.0 Å². The van der Waals surface area contributed by atoms with Crippen LogP contribution < -0.4 is 0 Å². The maximum absolute atomic E-state index is 11.7. The summed E-state index contributed by atoms with van der Waals surface area (Å²) in [4.78, 5) is 11.7. The first-order valence-corrected chi connectivity index (χ1v) is 5.83. The summed E-state index contributed by atoms with van der Waals surface area (Å²) >= 11 is 0. The van der Waals surface area contributed by atoms with E-state index in [1.165, 1.54) is 0 Å². The van der Waals surface area contributed by atoms with Gasteiger partial charge in [-0.15, -0.1) is 0 Å². The number of benzene rings is 1. The molecule has 4 heteroatoms. The zero-order valence-corrected chi connectivity index (χ0v) is 10.6. The van der Waals surface area contributed by atoms with Crippen LogP contribution in [0.1, 0.15) is 25.0 Å². The number of nitrogens with zero attached hydrogens (tertiary/aromatic N) is 1. The fourth-order valence-electron chi connectivity index (χ4n) is 1.62. The van der Waals surface area contributed by atoms with Gasteiger partial charge in [0.15, 0.2) is 5.41 Å². The molecule has 0 heterocycles. The molecule has 0 aliphatic heterocycles. The number of hydrogen-bond donors (Lipinski definition) is 1. The lowest BCUT2D eigenvalue weighted by Gasteiger charge is -2.19. The topological polar surface area (TPSA) is 70.3 Å². The van der Waals surface area contributed by atoms with Crippen LogP contribution in [0.4, 0.5) is 0 Å². The molecule has 0 spiro atoms. The second-order valence-corrected chi connectivity index (χ2v) is 4.32. The van der Waals surface area contributed by atoms with Crippen LogP contribution in [0.2, 0.25) is 0 Å². The fourth-order valence-corrected chi connectivity index (χ4v) is 1.62. The van der Waals surface area contributed by atoms with Crippen LogP contribution in [0.5, 0.6) is 0 Å². The van der Waals surface area contributed by atoms with Crippen LogP contribution >= 0.6 is 0 Å². The van der Waals surface area contributed by atoms with E-state index in [0.717, 1.165) is 11.1 Å². The van der Waals surface area contributed by atoms with Crippen LogP contribution in [0, 0.1) is 16.7 Å². The van der Waals surface area contributed by atoms with E-state index in [1.54, 1.807) is 38.1 Å². The van der Waals surface area contributed by atoms with Gasteiger partial charge in [0.05, 0.1) is 19.3 Å². The molecule has 0 saturated carbocycles. The van der Waals surface area contributed by atoms with E-state index < -0.39 is 11.4 Å². The Morgan fingerprint density at radius 3 is 2.39 bits per heavy atom. The molecule has 1 N–H and O–H groups in total. The number of carbonyl (C=O) groups is 1. The fraction of sp³-hybridized carbons (Fsp3) is 0.429. The van der Waals surface area contributed by atoms with E-state index in [2.05, 4.69) is 0 Å². The predicted molar refractivity (Wildman–Crippen MR) is 66.4 cm³/mol. The normalized spacial score (nSPS) is 13.4. The zero-order chi connectivity index (χ0) is 13.6. The zero-order valence-electron chi connectivity index (χ0n) is 10.6. The second kappa shape index (κ2) is 6.18. The largest absolute Gasteiger partial charge is 0.465 e. The Morgan fingerprint density at radius 2 is 1.94 bits per heavy atom. The molecule has 1 aromatic carbocycles. The number of nitriles is 1. The number of aliphatic hydroxyl groups excluding tert-OH is 1. The molecule has 1 atom stereocenters. The van der Waals surface area contributed by atoms with Gasteiger partial charge >= 0.3 is 5.97 Å². The summed E-state index contributed by atoms with van der Waals surface area (Å²) in [6, 6.07) is 9.18. The van der Waals surface area contributed by atoms with Crippen molar-refractivity contribution in [2.45, 2.75) is 26.9 Å². The quantitative estimate of drug-likeness (QED) is 0.806. The van der Waals surface area contributed by atoms with Gasteiger partial charge in [-0.1, -0.05) is 24.3 Å². The first-order chi connectivity index (χ1) is 8.55. The van der Waals surface area contributed by atoms with E-state index >= 15 is 0 Å². The lowest BCUT2D eigenvalue weighted by Crippen LogP contribution is -2.30. The molecule has 0 aliphatic carbocycles. The average molecular weight is 247 g/mol. The predicted octanol–water partition coefficient (Wildman–Crippen LogP) is 1.81. The standard InChI is InChI=1S/C14H17NO3/c1-3-18-13(17)14(2,10-15)8-11-4-6-12(9-16)7-5-11/h4-7,16H,3,8-9H2,1-2H3. The molecule has 0 bridgehead atoms. The minimum absolute atomic E-state index is 0.0202. The van der Waals surface area contributed by atoms with Crippen molar-refractivity contribution in [3.63, 3.8) is 0 Å². The van der Waals surface area contributed by atoms with Crippen molar-refractivity contribution < 1.29 is 14.6 Å². The van der Waals surface area contributed by atoms with Crippen LogP contribution in [0.3, 0.4) is 0 Å². The maximum atomic E-state index is 11.7. The van der Waals surface area contributed by atoms with E-state index in [4.69, 9.17) is 15.1 Å². The average Bonchev–Trinajstić information content (AvgIpc) is 2.39. The van der Waals surface area contributed by atoms with Crippen LogP contribution in [0.15, 0.2) is 24.3 Å². The molecule has 0 aliphatic rings. The van der Waals surface area contributed by atoms with Gasteiger partial charge in [0.2, 0.25) is 0 Å². The van der Waals surface area contributed by atoms with Crippen molar-refractivity contribution in [2.24, 2.45) is 5.41 Å². The molecule has 4 nitrogen and oxygen atoms in total. The van der Waals surface area contributed by atoms with Crippen molar-refractivity contribution in [2.75, 3.05) is 6.61 Å². The third kappa shape index (κ3) is 3.31. The Morgan fingerprint density at radius 1 is 1.39 bits per heavy atom. The molecule has 1 rings (SSSR count). The van der Waals surface area contributed by atoms with Gasteiger partial charge in [-0.3, -0.25) is 4.79 Å². The first-order valence-electron chi connectivity index (χ1n) is 5.83. The van der Waals surface area contributed by atoms with Gasteiger partial charge < -0.3 is 9.84 Å². The lowest BCUT2D eigenvalue weighted by atomic mass is 9.85. The highest BCUT2D eigenvalue weighted by Crippen LogP contribution is 2.24. The molecule has 1 unspecified atom stereocenters. The van der Waals surface area contributed by atoms with Crippen molar-refractivity contribution in [1.29, 1.82) is 5.26 Å². The monoisotopic (exact) mass is 247 g/mol. The molecular weight excluding hydrogens is 230 g/mol. The van der Waals surface area contributed by atoms with Crippen molar-refractivity contribution in [1.82, 2.24) is 0 Å². The summed E-state index contributed by atoms with van der Waals surface area (Å²) in [5, 5.41) is 18.1. The Hall–Kier alpha value is -1.86. The van der Waals surface area contributed by atoms with E-state index in [1.807, 2.05) is 6.07 Å². The summed E-state index contributed by atoms with van der Waals surface area (Å²) < 4.78 is 4.91. The highest BCUT2D eigenvalue weighted by Gasteiger charge is 2.35. The highest BCUT2D eigenvalue weighted by atomic mass is 16.5. The van der Waals surface area contributed by atoms with Crippen LogP contribution in [0.25, 0.3) is 0 Å².